The maximum absolute atomic E-state index is 14.0. The van der Waals surface area contributed by atoms with Crippen LogP contribution in [0.2, 0.25) is 0 Å². The number of carbonyl (C=O) groups excluding carboxylic acids is 1. The van der Waals surface area contributed by atoms with E-state index in [-0.39, 0.29) is 22.3 Å². The van der Waals surface area contributed by atoms with Crippen molar-refractivity contribution in [2.24, 2.45) is 0 Å². The summed E-state index contributed by atoms with van der Waals surface area (Å²) in [7, 11) is 0. The van der Waals surface area contributed by atoms with Crippen molar-refractivity contribution >= 4 is 34.2 Å². The highest BCUT2D eigenvalue weighted by atomic mass is 127. The van der Waals surface area contributed by atoms with Crippen LogP contribution < -0.4 is 4.90 Å². The number of rotatable bonds is 6. The molecule has 0 fully saturated rings. The van der Waals surface area contributed by atoms with E-state index in [9.17, 15) is 36.2 Å². The van der Waals surface area contributed by atoms with Crippen molar-refractivity contribution in [3.63, 3.8) is 0 Å². The molecule has 3 rings (SSSR count). The Morgan fingerprint density at radius 1 is 1.00 bits per heavy atom. The summed E-state index contributed by atoms with van der Waals surface area (Å²) in [6, 6.07) is 5.68. The molecule has 1 heterocycles. The van der Waals surface area contributed by atoms with Crippen LogP contribution in [0.4, 0.5) is 32.0 Å². The van der Waals surface area contributed by atoms with Crippen molar-refractivity contribution in [1.29, 1.82) is 0 Å². The van der Waals surface area contributed by atoms with E-state index in [2.05, 4.69) is 0 Å². The highest BCUT2D eigenvalue weighted by Gasteiger charge is 2.57. The Labute approximate surface area is 200 Å². The van der Waals surface area contributed by atoms with Crippen LogP contribution in [0, 0.1) is 3.57 Å². The molecule has 0 aliphatic carbocycles. The zero-order chi connectivity index (χ0) is 24.8. The van der Waals surface area contributed by atoms with Gasteiger partial charge in [0.25, 0.3) is 5.91 Å². The summed E-state index contributed by atoms with van der Waals surface area (Å²) in [6.07, 6.45) is -10.0. The number of likely N-dealkylation sites (N-methyl/N-ethyl adjacent to an activating group) is 1. The van der Waals surface area contributed by atoms with E-state index >= 15 is 0 Å². The lowest BCUT2D eigenvalue weighted by atomic mass is 9.82. The van der Waals surface area contributed by atoms with Gasteiger partial charge in [0, 0.05) is 27.8 Å². The SMILES string of the molecule is CCN(CC)CCN1C(=O)C(O)(c2ccccc2C(F)(F)F)c2c1cc(I)cc2C(F)(F)F. The van der Waals surface area contributed by atoms with Crippen LogP contribution in [0.5, 0.6) is 0 Å². The summed E-state index contributed by atoms with van der Waals surface area (Å²) in [5.41, 5.74) is -7.92. The first-order valence-corrected chi connectivity index (χ1v) is 11.2. The number of fused-ring (bicyclic) bond motifs is 1. The van der Waals surface area contributed by atoms with Gasteiger partial charge in [0.2, 0.25) is 0 Å². The molecule has 0 aromatic heterocycles. The molecule has 2 aromatic carbocycles. The second-order valence-electron chi connectivity index (χ2n) is 7.58. The molecule has 1 unspecified atom stereocenters. The van der Waals surface area contributed by atoms with Crippen molar-refractivity contribution in [2.75, 3.05) is 31.1 Å². The number of aliphatic hydroxyl groups is 1. The summed E-state index contributed by atoms with van der Waals surface area (Å²) in [5, 5.41) is 11.5. The lowest BCUT2D eigenvalue weighted by Crippen LogP contribution is -2.45. The monoisotopic (exact) mass is 586 g/mol. The van der Waals surface area contributed by atoms with Crippen LogP contribution in [0.25, 0.3) is 0 Å². The Balaban J connectivity index is 2.32. The van der Waals surface area contributed by atoms with Crippen molar-refractivity contribution in [3.05, 3.63) is 62.2 Å². The van der Waals surface area contributed by atoms with E-state index in [1.54, 1.807) is 22.6 Å². The molecule has 1 aliphatic rings. The summed E-state index contributed by atoms with van der Waals surface area (Å²) >= 11 is 1.65. The number of hydrogen-bond acceptors (Lipinski definition) is 3. The van der Waals surface area contributed by atoms with Gasteiger partial charge in [-0.15, -0.1) is 0 Å². The molecule has 11 heteroatoms. The number of anilines is 1. The normalized spacial score (nSPS) is 18.9. The topological polar surface area (TPSA) is 43.8 Å². The fraction of sp³-hybridized carbons (Fsp3) is 0.409. The lowest BCUT2D eigenvalue weighted by Gasteiger charge is -2.28. The Hall–Kier alpha value is -1.86. The second kappa shape index (κ2) is 9.06. The van der Waals surface area contributed by atoms with Gasteiger partial charge in [-0.25, -0.2) is 0 Å². The van der Waals surface area contributed by atoms with Gasteiger partial charge in [0.1, 0.15) is 0 Å². The number of amides is 1. The molecule has 33 heavy (non-hydrogen) atoms. The minimum absolute atomic E-state index is 0.0958. The number of halogens is 7. The van der Waals surface area contributed by atoms with Crippen molar-refractivity contribution < 1.29 is 36.2 Å². The van der Waals surface area contributed by atoms with E-state index < -0.39 is 46.1 Å². The van der Waals surface area contributed by atoms with Crippen LogP contribution in [-0.4, -0.2) is 42.1 Å². The maximum atomic E-state index is 14.0. The average molecular weight is 586 g/mol. The molecule has 2 aromatic rings. The largest absolute Gasteiger partial charge is 0.416 e. The summed E-state index contributed by atoms with van der Waals surface area (Å²) in [5.74, 6) is -1.24. The Bertz CT molecular complexity index is 1050. The molecule has 0 radical (unpaired) electrons. The van der Waals surface area contributed by atoms with E-state index in [0.29, 0.717) is 19.2 Å². The second-order valence-corrected chi connectivity index (χ2v) is 8.83. The third kappa shape index (κ3) is 4.59. The number of nitrogens with zero attached hydrogens (tertiary/aromatic N) is 2. The highest BCUT2D eigenvalue weighted by Crippen LogP contribution is 2.52. The first-order chi connectivity index (χ1) is 15.3. The molecular weight excluding hydrogens is 565 g/mol. The molecule has 1 amide bonds. The number of benzene rings is 2. The van der Waals surface area contributed by atoms with E-state index in [0.717, 1.165) is 29.2 Å². The predicted octanol–water partition coefficient (Wildman–Crippen LogP) is 5.25. The number of carbonyl (C=O) groups is 1. The number of alkyl halides is 6. The van der Waals surface area contributed by atoms with Gasteiger partial charge < -0.3 is 14.9 Å². The molecule has 0 saturated heterocycles. The zero-order valence-corrected chi connectivity index (χ0v) is 19.8. The average Bonchev–Trinajstić information content (AvgIpc) is 2.94. The van der Waals surface area contributed by atoms with Gasteiger partial charge in [-0.3, -0.25) is 4.79 Å². The van der Waals surface area contributed by atoms with Crippen molar-refractivity contribution in [1.82, 2.24) is 4.90 Å². The third-order valence-corrected chi connectivity index (χ3v) is 6.37. The lowest BCUT2D eigenvalue weighted by molar-refractivity contribution is -0.145. The molecule has 1 aliphatic heterocycles. The van der Waals surface area contributed by atoms with Gasteiger partial charge in [0.05, 0.1) is 16.8 Å². The van der Waals surface area contributed by atoms with Crippen LogP contribution in [0.15, 0.2) is 36.4 Å². The predicted molar refractivity (Wildman–Crippen MR) is 119 cm³/mol. The Kier molecular flexibility index (Phi) is 7.07. The van der Waals surface area contributed by atoms with Gasteiger partial charge in [0.15, 0.2) is 5.60 Å². The molecular formula is C22H21F6IN2O2. The van der Waals surface area contributed by atoms with Crippen molar-refractivity contribution in [2.45, 2.75) is 31.8 Å². The van der Waals surface area contributed by atoms with Crippen molar-refractivity contribution in [3.8, 4) is 0 Å². The van der Waals surface area contributed by atoms with Crippen LogP contribution in [0.1, 0.15) is 36.1 Å². The summed E-state index contributed by atoms with van der Waals surface area (Å²) in [6.45, 7) is 5.11. The minimum atomic E-state index is -5.01. The summed E-state index contributed by atoms with van der Waals surface area (Å²) < 4.78 is 83.4. The molecule has 1 N–H and O–H groups in total. The molecule has 4 nitrogen and oxygen atoms in total. The Morgan fingerprint density at radius 3 is 2.12 bits per heavy atom. The molecule has 180 valence electrons. The van der Waals surface area contributed by atoms with Gasteiger partial charge in [-0.2, -0.15) is 26.3 Å². The molecule has 0 bridgehead atoms. The molecule has 1 atom stereocenters. The van der Waals surface area contributed by atoms with Gasteiger partial charge in [-0.1, -0.05) is 32.0 Å². The van der Waals surface area contributed by atoms with Gasteiger partial charge >= 0.3 is 12.4 Å². The van der Waals surface area contributed by atoms with Gasteiger partial charge in [-0.05, 0) is 53.9 Å². The third-order valence-electron chi connectivity index (χ3n) is 5.75. The van der Waals surface area contributed by atoms with E-state index in [4.69, 9.17) is 0 Å². The van der Waals surface area contributed by atoms with Crippen LogP contribution >= 0.6 is 22.6 Å². The minimum Gasteiger partial charge on any atom is -0.372 e. The van der Waals surface area contributed by atoms with E-state index in [1.165, 1.54) is 6.07 Å². The standard InChI is InChI=1S/C22H21F6IN2O2/c1-3-30(4-2)9-10-31-17-12-13(29)11-16(22(26,27)28)18(17)20(33,19(31)32)14-7-5-6-8-15(14)21(23,24)25/h5-8,11-12,33H,3-4,9-10H2,1-2H3. The number of hydrogen-bond donors (Lipinski definition) is 1. The molecule has 0 saturated carbocycles. The first-order valence-electron chi connectivity index (χ1n) is 10.1. The molecule has 0 spiro atoms. The fourth-order valence-electron chi connectivity index (χ4n) is 4.12. The highest BCUT2D eigenvalue weighted by molar-refractivity contribution is 14.1. The van der Waals surface area contributed by atoms with Crippen LogP contribution in [-0.2, 0) is 22.7 Å². The quantitative estimate of drug-likeness (QED) is 0.372. The Morgan fingerprint density at radius 2 is 1.58 bits per heavy atom. The summed E-state index contributed by atoms with van der Waals surface area (Å²) in [4.78, 5) is 16.3. The maximum Gasteiger partial charge on any atom is 0.416 e. The first kappa shape index (κ1) is 25.8. The fourth-order valence-corrected chi connectivity index (χ4v) is 4.73. The van der Waals surface area contributed by atoms with E-state index in [1.807, 2.05) is 18.7 Å². The zero-order valence-electron chi connectivity index (χ0n) is 17.7. The van der Waals surface area contributed by atoms with Crippen LogP contribution in [0.3, 0.4) is 0 Å². The smallest absolute Gasteiger partial charge is 0.372 e.